The van der Waals surface area contributed by atoms with Crippen LogP contribution in [-0.2, 0) is 14.8 Å². The van der Waals surface area contributed by atoms with E-state index in [1.54, 1.807) is 6.92 Å². The van der Waals surface area contributed by atoms with Crippen LogP contribution in [0.2, 0.25) is 0 Å². The Kier molecular flexibility index (Phi) is 6.56. The third-order valence-electron chi connectivity index (χ3n) is 3.22. The van der Waals surface area contributed by atoms with Gasteiger partial charge >= 0.3 is 0 Å². The summed E-state index contributed by atoms with van der Waals surface area (Å²) in [6.45, 7) is 4.75. The Balaban J connectivity index is 2.07. The number of nitrogens with one attached hydrogen (secondary N) is 3. The lowest BCUT2D eigenvalue weighted by molar-refractivity contribution is 0.0922. The highest BCUT2D eigenvalue weighted by atomic mass is 32.2. The Morgan fingerprint density at radius 3 is 2.88 bits per heavy atom. The number of ether oxygens (including phenoxy) is 1. The van der Waals surface area contributed by atoms with Crippen molar-refractivity contribution in [2.45, 2.75) is 24.8 Å². The lowest BCUT2D eigenvalue weighted by Gasteiger charge is -2.12. The van der Waals surface area contributed by atoms with Gasteiger partial charge in [0.05, 0.1) is 17.5 Å². The van der Waals surface area contributed by atoms with Crippen LogP contribution in [0.25, 0.3) is 0 Å². The summed E-state index contributed by atoms with van der Waals surface area (Å²) < 4.78 is 32.5. The third kappa shape index (κ3) is 5.31. The van der Waals surface area contributed by atoms with Gasteiger partial charge in [-0.3, -0.25) is 4.79 Å². The van der Waals surface area contributed by atoms with Gasteiger partial charge in [-0.25, -0.2) is 13.1 Å². The first-order chi connectivity index (χ1) is 11.9. The van der Waals surface area contributed by atoms with E-state index in [1.165, 1.54) is 24.3 Å². The maximum absolute atomic E-state index is 12.5. The Hall–Kier alpha value is -2.37. The maximum Gasteiger partial charge on any atom is 0.251 e. The molecule has 1 atom stereocenters. The molecule has 0 radical (unpaired) electrons. The predicted molar refractivity (Wildman–Crippen MR) is 88.2 cm³/mol. The molecule has 0 aliphatic carbocycles. The van der Waals surface area contributed by atoms with Crippen LogP contribution in [0.4, 0.5) is 0 Å². The summed E-state index contributed by atoms with van der Waals surface area (Å²) >= 11 is 0. The van der Waals surface area contributed by atoms with Gasteiger partial charge in [-0.2, -0.15) is 5.21 Å². The van der Waals surface area contributed by atoms with Crippen LogP contribution in [0.3, 0.4) is 0 Å². The van der Waals surface area contributed by atoms with Crippen molar-refractivity contribution in [3.63, 3.8) is 0 Å². The Bertz CT molecular complexity index is 793. The van der Waals surface area contributed by atoms with E-state index < -0.39 is 16.1 Å². The number of aromatic nitrogens is 4. The van der Waals surface area contributed by atoms with E-state index in [0.717, 1.165) is 0 Å². The highest BCUT2D eigenvalue weighted by molar-refractivity contribution is 7.89. The second-order valence-corrected chi connectivity index (χ2v) is 6.81. The number of rotatable bonds is 9. The largest absolute Gasteiger partial charge is 0.380 e. The monoisotopic (exact) mass is 368 g/mol. The van der Waals surface area contributed by atoms with E-state index in [2.05, 4.69) is 30.7 Å². The molecule has 1 amide bonds. The van der Waals surface area contributed by atoms with Gasteiger partial charge in [-0.1, -0.05) is 11.3 Å². The molecular weight excluding hydrogens is 348 g/mol. The fourth-order valence-electron chi connectivity index (χ4n) is 1.99. The van der Waals surface area contributed by atoms with Crippen LogP contribution < -0.4 is 10.0 Å². The molecule has 1 aromatic heterocycles. The Morgan fingerprint density at radius 1 is 1.40 bits per heavy atom. The molecule has 10 nitrogen and oxygen atoms in total. The number of amides is 1. The van der Waals surface area contributed by atoms with Crippen LogP contribution in [0.15, 0.2) is 29.2 Å². The molecule has 2 rings (SSSR count). The minimum atomic E-state index is -3.85. The molecule has 11 heteroatoms. The van der Waals surface area contributed by atoms with Gasteiger partial charge in [0.15, 0.2) is 5.82 Å². The van der Waals surface area contributed by atoms with E-state index in [4.69, 9.17) is 4.74 Å². The first-order valence-electron chi connectivity index (χ1n) is 7.65. The topological polar surface area (TPSA) is 139 Å². The van der Waals surface area contributed by atoms with Crippen LogP contribution in [0.1, 0.15) is 36.1 Å². The fourth-order valence-corrected chi connectivity index (χ4v) is 3.24. The molecule has 0 aliphatic rings. The fraction of sp³-hybridized carbons (Fsp3) is 0.429. The molecule has 3 N–H and O–H groups in total. The van der Waals surface area contributed by atoms with Gasteiger partial charge in [0.1, 0.15) is 0 Å². The van der Waals surface area contributed by atoms with E-state index in [0.29, 0.717) is 19.8 Å². The zero-order valence-electron chi connectivity index (χ0n) is 13.9. The van der Waals surface area contributed by atoms with Gasteiger partial charge < -0.3 is 10.1 Å². The Labute approximate surface area is 145 Å². The number of sulfonamides is 1. The van der Waals surface area contributed by atoms with Crippen LogP contribution >= 0.6 is 0 Å². The number of hydrogen-bond donors (Lipinski definition) is 3. The number of aromatic amines is 1. The molecule has 0 saturated heterocycles. The van der Waals surface area contributed by atoms with Crippen molar-refractivity contribution in [3.8, 4) is 0 Å². The summed E-state index contributed by atoms with van der Waals surface area (Å²) in [5, 5.41) is 15.8. The summed E-state index contributed by atoms with van der Waals surface area (Å²) in [7, 11) is -3.85. The minimum Gasteiger partial charge on any atom is -0.380 e. The SMILES string of the molecule is CCOCCNC(=O)c1cccc(S(=O)(=O)NC(C)c2nn[nH]n2)c1. The van der Waals surface area contributed by atoms with E-state index in [-0.39, 0.29) is 22.2 Å². The van der Waals surface area contributed by atoms with E-state index >= 15 is 0 Å². The molecule has 2 aromatic rings. The molecule has 0 aliphatic heterocycles. The second-order valence-electron chi connectivity index (χ2n) is 5.09. The van der Waals surface area contributed by atoms with Crippen molar-refractivity contribution >= 4 is 15.9 Å². The quantitative estimate of drug-likeness (QED) is 0.530. The zero-order chi connectivity index (χ0) is 18.3. The molecule has 0 saturated carbocycles. The van der Waals surface area contributed by atoms with Crippen molar-refractivity contribution in [2.24, 2.45) is 0 Å². The van der Waals surface area contributed by atoms with Crippen molar-refractivity contribution in [1.82, 2.24) is 30.7 Å². The van der Waals surface area contributed by atoms with E-state index in [1.807, 2.05) is 6.92 Å². The summed E-state index contributed by atoms with van der Waals surface area (Å²) in [5.41, 5.74) is 0.242. The summed E-state index contributed by atoms with van der Waals surface area (Å²) in [5.74, 6) is -0.156. The molecule has 1 heterocycles. The van der Waals surface area contributed by atoms with Gasteiger partial charge in [0.2, 0.25) is 10.0 Å². The molecule has 0 fully saturated rings. The summed E-state index contributed by atoms with van der Waals surface area (Å²) in [4.78, 5) is 12.1. The van der Waals surface area contributed by atoms with Crippen LogP contribution in [-0.4, -0.2) is 54.7 Å². The first-order valence-corrected chi connectivity index (χ1v) is 9.14. The van der Waals surface area contributed by atoms with Gasteiger partial charge in [-0.15, -0.1) is 10.2 Å². The normalized spacial score (nSPS) is 12.7. The van der Waals surface area contributed by atoms with Gasteiger partial charge in [0, 0.05) is 18.7 Å². The number of H-pyrrole nitrogens is 1. The van der Waals surface area contributed by atoms with Gasteiger partial charge in [-0.05, 0) is 32.0 Å². The highest BCUT2D eigenvalue weighted by Crippen LogP contribution is 2.15. The summed E-state index contributed by atoms with van der Waals surface area (Å²) in [6.07, 6.45) is 0. The third-order valence-corrected chi connectivity index (χ3v) is 4.76. The predicted octanol–water partition coefficient (Wildman–Crippen LogP) is 0.00550. The summed E-state index contributed by atoms with van der Waals surface area (Å²) in [6, 6.07) is 5.08. The smallest absolute Gasteiger partial charge is 0.251 e. The molecule has 25 heavy (non-hydrogen) atoms. The van der Waals surface area contributed by atoms with Crippen molar-refractivity contribution in [3.05, 3.63) is 35.7 Å². The molecule has 1 unspecified atom stereocenters. The van der Waals surface area contributed by atoms with Crippen molar-refractivity contribution < 1.29 is 17.9 Å². The first kappa shape index (κ1) is 19.0. The number of tetrazole rings is 1. The molecule has 0 spiro atoms. The standard InChI is InChI=1S/C14H20N6O4S/c1-3-24-8-7-15-14(21)11-5-4-6-12(9-11)25(22,23)18-10(2)13-16-19-20-17-13/h4-6,9-10,18H,3,7-8H2,1-2H3,(H,15,21)(H,16,17,19,20). The molecule has 1 aromatic carbocycles. The van der Waals surface area contributed by atoms with Crippen molar-refractivity contribution in [2.75, 3.05) is 19.8 Å². The van der Waals surface area contributed by atoms with Crippen molar-refractivity contribution in [1.29, 1.82) is 0 Å². The number of benzene rings is 1. The number of carbonyl (C=O) groups excluding carboxylic acids is 1. The zero-order valence-corrected chi connectivity index (χ0v) is 14.7. The van der Waals surface area contributed by atoms with Crippen LogP contribution in [0.5, 0.6) is 0 Å². The molecule has 136 valence electrons. The minimum absolute atomic E-state index is 0.0275. The average Bonchev–Trinajstić information content (AvgIpc) is 3.13. The maximum atomic E-state index is 12.5. The number of nitrogens with zero attached hydrogens (tertiary/aromatic N) is 3. The number of carbonyl (C=O) groups is 1. The number of hydrogen-bond acceptors (Lipinski definition) is 7. The lowest BCUT2D eigenvalue weighted by Crippen LogP contribution is -2.29. The second kappa shape index (κ2) is 8.65. The molecular formula is C14H20N6O4S. The average molecular weight is 368 g/mol. The van der Waals surface area contributed by atoms with E-state index in [9.17, 15) is 13.2 Å². The Morgan fingerprint density at radius 2 is 2.20 bits per heavy atom. The molecule has 0 bridgehead atoms. The highest BCUT2D eigenvalue weighted by Gasteiger charge is 2.21. The van der Waals surface area contributed by atoms with Gasteiger partial charge in [0.25, 0.3) is 5.91 Å². The van der Waals surface area contributed by atoms with Crippen LogP contribution in [0, 0.1) is 0 Å². The lowest BCUT2D eigenvalue weighted by atomic mass is 10.2.